The van der Waals surface area contributed by atoms with Gasteiger partial charge in [-0.2, -0.15) is 0 Å². The molecular weight excluding hydrogens is 538 g/mol. The van der Waals surface area contributed by atoms with Crippen LogP contribution >= 0.6 is 12.2 Å². The van der Waals surface area contributed by atoms with E-state index in [1.54, 1.807) is 24.3 Å². The third kappa shape index (κ3) is 7.72. The Morgan fingerprint density at radius 1 is 0.949 bits per heavy atom. The number of ether oxygens (including phenoxy) is 2. The fourth-order valence-electron chi connectivity index (χ4n) is 3.46. The Labute approximate surface area is 231 Å². The Morgan fingerprint density at radius 3 is 2.41 bits per heavy atom. The minimum absolute atomic E-state index is 0.00200. The Kier molecular flexibility index (Phi) is 9.02. The van der Waals surface area contributed by atoms with Gasteiger partial charge in [0.2, 0.25) is 5.88 Å². The van der Waals surface area contributed by atoms with E-state index in [4.69, 9.17) is 21.7 Å². The van der Waals surface area contributed by atoms with Crippen LogP contribution in [0.2, 0.25) is 0 Å². The largest absolute Gasteiger partial charge is 0.492 e. The van der Waals surface area contributed by atoms with Gasteiger partial charge in [-0.3, -0.25) is 14.8 Å². The van der Waals surface area contributed by atoms with Crippen LogP contribution in [-0.4, -0.2) is 43.1 Å². The van der Waals surface area contributed by atoms with E-state index in [1.165, 1.54) is 43.8 Å². The maximum Gasteiger partial charge on any atom is 0.263 e. The summed E-state index contributed by atoms with van der Waals surface area (Å²) in [4.78, 5) is 20.6. The minimum atomic E-state index is -3.91. The highest BCUT2D eigenvalue weighted by molar-refractivity contribution is 7.92. The van der Waals surface area contributed by atoms with Crippen LogP contribution in [0.4, 0.5) is 11.5 Å². The van der Waals surface area contributed by atoms with Crippen molar-refractivity contribution < 1.29 is 22.7 Å². The van der Waals surface area contributed by atoms with Gasteiger partial charge < -0.3 is 14.8 Å². The molecule has 1 aromatic heterocycles. The summed E-state index contributed by atoms with van der Waals surface area (Å²) in [6, 6.07) is 24.0. The minimum Gasteiger partial charge on any atom is -0.492 e. The lowest BCUT2D eigenvalue weighted by Crippen LogP contribution is -2.34. The number of anilines is 2. The lowest BCUT2D eigenvalue weighted by atomic mass is 10.1. The summed E-state index contributed by atoms with van der Waals surface area (Å²) in [6.45, 7) is 0.409. The number of thiocarbonyl (C=S) groups is 1. The molecule has 0 aliphatic heterocycles. The summed E-state index contributed by atoms with van der Waals surface area (Å²) in [5.74, 6) is 0.292. The summed E-state index contributed by atoms with van der Waals surface area (Å²) in [6.07, 6.45) is 1.89. The average molecular weight is 564 g/mol. The summed E-state index contributed by atoms with van der Waals surface area (Å²) in [5.41, 5.74) is 1.95. The molecule has 0 aliphatic rings. The first-order chi connectivity index (χ1) is 18.8. The SMILES string of the molecule is COc1cc(NS(=O)(=O)c2ccc(NC(=S)NC(=O)c3ccccc3OCCc3ccccc3)cc2)ncn1. The lowest BCUT2D eigenvalue weighted by Gasteiger charge is -2.13. The maximum absolute atomic E-state index is 12.9. The highest BCUT2D eigenvalue weighted by Crippen LogP contribution is 2.20. The average Bonchev–Trinajstić information content (AvgIpc) is 2.94. The lowest BCUT2D eigenvalue weighted by molar-refractivity contribution is 0.0973. The molecule has 0 aliphatic carbocycles. The molecule has 0 atom stereocenters. The molecule has 1 heterocycles. The molecule has 0 saturated heterocycles. The summed E-state index contributed by atoms with van der Waals surface area (Å²) >= 11 is 5.28. The molecule has 200 valence electrons. The van der Waals surface area contributed by atoms with E-state index in [0.29, 0.717) is 30.0 Å². The van der Waals surface area contributed by atoms with Gasteiger partial charge in [-0.15, -0.1) is 0 Å². The number of nitrogens with one attached hydrogen (secondary N) is 3. The molecule has 4 rings (SSSR count). The fraction of sp³-hybridized carbons (Fsp3) is 0.111. The monoisotopic (exact) mass is 563 g/mol. The number of sulfonamides is 1. The van der Waals surface area contributed by atoms with Gasteiger partial charge in [0, 0.05) is 18.2 Å². The molecular formula is C27H25N5O5S2. The molecule has 0 spiro atoms. The van der Waals surface area contributed by atoms with Crippen LogP contribution in [0.25, 0.3) is 0 Å². The number of methoxy groups -OCH3 is 1. The van der Waals surface area contributed by atoms with E-state index in [1.807, 2.05) is 30.3 Å². The van der Waals surface area contributed by atoms with Crippen LogP contribution in [-0.2, 0) is 16.4 Å². The van der Waals surface area contributed by atoms with Crippen LogP contribution < -0.4 is 24.8 Å². The van der Waals surface area contributed by atoms with Gasteiger partial charge in [0.15, 0.2) is 5.11 Å². The Morgan fingerprint density at radius 2 is 1.67 bits per heavy atom. The Balaban J connectivity index is 1.33. The number of para-hydroxylation sites is 1. The van der Waals surface area contributed by atoms with Gasteiger partial charge in [-0.05, 0) is 54.2 Å². The number of rotatable bonds is 10. The molecule has 0 unspecified atom stereocenters. The molecule has 4 aromatic rings. The van der Waals surface area contributed by atoms with Crippen molar-refractivity contribution in [1.82, 2.24) is 15.3 Å². The number of aromatic nitrogens is 2. The second-order valence-corrected chi connectivity index (χ2v) is 10.2. The number of amides is 1. The van der Waals surface area contributed by atoms with E-state index >= 15 is 0 Å². The second kappa shape index (κ2) is 12.8. The van der Waals surface area contributed by atoms with Gasteiger partial charge >= 0.3 is 0 Å². The van der Waals surface area contributed by atoms with Gasteiger partial charge in [-0.25, -0.2) is 18.4 Å². The predicted octanol–water partition coefficient (Wildman–Crippen LogP) is 4.03. The van der Waals surface area contributed by atoms with Crippen LogP contribution in [0.15, 0.2) is 96.2 Å². The number of carbonyl (C=O) groups excluding carboxylic acids is 1. The van der Waals surface area contributed by atoms with Gasteiger partial charge in [0.05, 0.1) is 24.2 Å². The molecule has 10 nitrogen and oxygen atoms in total. The molecule has 0 bridgehead atoms. The highest BCUT2D eigenvalue weighted by Gasteiger charge is 2.17. The van der Waals surface area contributed by atoms with Crippen LogP contribution in [0, 0.1) is 0 Å². The molecule has 0 radical (unpaired) electrons. The zero-order valence-corrected chi connectivity index (χ0v) is 22.5. The summed E-state index contributed by atoms with van der Waals surface area (Å²) in [7, 11) is -2.49. The molecule has 3 N–H and O–H groups in total. The third-order valence-electron chi connectivity index (χ3n) is 5.36. The van der Waals surface area contributed by atoms with Crippen LogP contribution in [0.1, 0.15) is 15.9 Å². The van der Waals surface area contributed by atoms with E-state index < -0.39 is 15.9 Å². The standard InChI is InChI=1S/C27H25N5O5S2/c1-36-25-17-24(28-18-29-25)32-39(34,35)21-13-11-20(12-14-21)30-27(38)31-26(33)22-9-5-6-10-23(22)37-16-15-19-7-3-2-4-8-19/h2-14,17-18H,15-16H2,1H3,(H,28,29,32)(H2,30,31,33,38). The topological polar surface area (TPSA) is 132 Å². The first-order valence-electron chi connectivity index (χ1n) is 11.7. The van der Waals surface area contributed by atoms with Crippen molar-refractivity contribution in [1.29, 1.82) is 0 Å². The van der Waals surface area contributed by atoms with Crippen molar-refractivity contribution in [3.8, 4) is 11.6 Å². The highest BCUT2D eigenvalue weighted by atomic mass is 32.2. The van der Waals surface area contributed by atoms with E-state index in [0.717, 1.165) is 5.56 Å². The van der Waals surface area contributed by atoms with Crippen molar-refractivity contribution in [2.45, 2.75) is 11.3 Å². The molecule has 3 aromatic carbocycles. The Hall–Kier alpha value is -4.55. The van der Waals surface area contributed by atoms with Crippen molar-refractivity contribution in [3.63, 3.8) is 0 Å². The zero-order valence-electron chi connectivity index (χ0n) is 20.8. The van der Waals surface area contributed by atoms with E-state index in [-0.39, 0.29) is 21.7 Å². The van der Waals surface area contributed by atoms with Crippen molar-refractivity contribution in [2.24, 2.45) is 0 Å². The Bertz CT molecular complexity index is 1550. The summed E-state index contributed by atoms with van der Waals surface area (Å²) < 4.78 is 38.6. The van der Waals surface area contributed by atoms with Gasteiger partial charge in [-0.1, -0.05) is 42.5 Å². The third-order valence-corrected chi connectivity index (χ3v) is 6.94. The number of hydrogen-bond acceptors (Lipinski definition) is 8. The first kappa shape index (κ1) is 27.5. The zero-order chi connectivity index (χ0) is 27.7. The normalized spacial score (nSPS) is 10.8. The fourth-order valence-corrected chi connectivity index (χ4v) is 4.67. The number of hydrogen-bond donors (Lipinski definition) is 3. The molecule has 12 heteroatoms. The molecule has 1 amide bonds. The van der Waals surface area contributed by atoms with E-state index in [9.17, 15) is 13.2 Å². The second-order valence-electron chi connectivity index (χ2n) is 8.06. The number of nitrogens with zero attached hydrogens (tertiary/aromatic N) is 2. The van der Waals surface area contributed by atoms with Crippen LogP contribution in [0.5, 0.6) is 11.6 Å². The molecule has 0 saturated carbocycles. The quantitative estimate of drug-likeness (QED) is 0.245. The van der Waals surface area contributed by atoms with Crippen molar-refractivity contribution >= 4 is 44.8 Å². The van der Waals surface area contributed by atoms with Crippen molar-refractivity contribution in [2.75, 3.05) is 23.8 Å². The van der Waals surface area contributed by atoms with E-state index in [2.05, 4.69) is 25.3 Å². The van der Waals surface area contributed by atoms with Crippen molar-refractivity contribution in [3.05, 3.63) is 102 Å². The molecule has 39 heavy (non-hydrogen) atoms. The number of benzene rings is 3. The predicted molar refractivity (Wildman–Crippen MR) is 152 cm³/mol. The number of carbonyl (C=O) groups is 1. The van der Waals surface area contributed by atoms with Crippen LogP contribution in [0.3, 0.4) is 0 Å². The van der Waals surface area contributed by atoms with Gasteiger partial charge in [0.25, 0.3) is 15.9 Å². The smallest absolute Gasteiger partial charge is 0.263 e. The maximum atomic E-state index is 12.9. The van der Waals surface area contributed by atoms with Gasteiger partial charge in [0.1, 0.15) is 17.9 Å². The summed E-state index contributed by atoms with van der Waals surface area (Å²) in [5, 5.41) is 5.55. The molecule has 0 fully saturated rings. The first-order valence-corrected chi connectivity index (χ1v) is 13.6.